The van der Waals surface area contributed by atoms with Gasteiger partial charge in [0.05, 0.1) is 23.2 Å². The molecule has 0 radical (unpaired) electrons. The molecule has 24 heavy (non-hydrogen) atoms. The molecule has 0 amide bonds. The van der Waals surface area contributed by atoms with E-state index in [1.807, 2.05) is 31.9 Å². The van der Waals surface area contributed by atoms with Gasteiger partial charge in [0.15, 0.2) is 0 Å². The second-order valence-electron chi connectivity index (χ2n) is 5.10. The molecular formula is C14H17I2N5O2S. The van der Waals surface area contributed by atoms with Crippen LogP contribution in [0.4, 0.5) is 11.4 Å². The number of anilines is 2. The molecule has 0 saturated carbocycles. The van der Waals surface area contributed by atoms with Crippen molar-refractivity contribution in [3.63, 3.8) is 0 Å². The molecule has 0 fully saturated rings. The van der Waals surface area contributed by atoms with Gasteiger partial charge >= 0.3 is 0 Å². The number of nitrogens with zero attached hydrogens (tertiary/aromatic N) is 4. The summed E-state index contributed by atoms with van der Waals surface area (Å²) in [6.07, 6.45) is 1.04. The topological polar surface area (TPSA) is 88.8 Å². The first-order valence-electron chi connectivity index (χ1n) is 6.59. The largest absolute Gasteiger partial charge is 0.317 e. The highest BCUT2D eigenvalue weighted by molar-refractivity contribution is 15.0. The van der Waals surface area contributed by atoms with Crippen LogP contribution in [0.15, 0.2) is 29.6 Å². The van der Waals surface area contributed by atoms with Crippen molar-refractivity contribution in [1.29, 1.82) is 5.26 Å². The first-order valence-corrected chi connectivity index (χ1v) is 14.8. The highest BCUT2D eigenvalue weighted by Crippen LogP contribution is 2.33. The lowest BCUT2D eigenvalue weighted by molar-refractivity contribution is 0.607. The summed E-state index contributed by atoms with van der Waals surface area (Å²) in [7, 11) is -1.64. The number of halogens is 2. The molecule has 7 nitrogen and oxygen atoms in total. The quantitative estimate of drug-likeness (QED) is 0.560. The molecule has 130 valence electrons. The van der Waals surface area contributed by atoms with Crippen LogP contribution in [0, 0.1) is 18.3 Å². The molecule has 0 bridgehead atoms. The third kappa shape index (κ3) is 4.73. The van der Waals surface area contributed by atoms with Crippen LogP contribution in [-0.4, -0.2) is 32.5 Å². The van der Waals surface area contributed by atoms with Crippen molar-refractivity contribution in [2.75, 3.05) is 23.0 Å². The van der Waals surface area contributed by atoms with Crippen LogP contribution in [0.2, 0.25) is 0 Å². The Balaban J connectivity index is 0.00000139. The summed E-state index contributed by atoms with van der Waals surface area (Å²) in [6, 6.07) is 5.21. The second kappa shape index (κ2) is 8.34. The number of aryl methyl sites for hydroxylation is 1. The van der Waals surface area contributed by atoms with Crippen LogP contribution in [-0.2, 0) is 10.0 Å². The van der Waals surface area contributed by atoms with Gasteiger partial charge in [-0.2, -0.15) is 10.4 Å². The predicted molar refractivity (Wildman–Crippen MR) is 115 cm³/mol. The van der Waals surface area contributed by atoms with Gasteiger partial charge in [0.2, 0.25) is 10.0 Å². The Morgan fingerprint density at radius 3 is 2.33 bits per heavy atom. The van der Waals surface area contributed by atoms with Gasteiger partial charge in [-0.05, 0) is 31.5 Å². The number of hydrogen-bond acceptors (Lipinski definition) is 6. The van der Waals surface area contributed by atoms with Gasteiger partial charge < -0.3 is 4.90 Å². The van der Waals surface area contributed by atoms with Crippen LogP contribution in [0.1, 0.15) is 18.1 Å². The summed E-state index contributed by atoms with van der Waals surface area (Å²) >= 11 is 4.24. The minimum atomic E-state index is -3.49. The number of hydrazone groups is 1. The van der Waals surface area contributed by atoms with Crippen molar-refractivity contribution in [3.05, 3.63) is 35.7 Å². The van der Waals surface area contributed by atoms with Crippen LogP contribution < -0.4 is 9.73 Å². The number of hydrogen-bond donors (Lipinski definition) is 1. The normalized spacial score (nSPS) is 13.9. The molecule has 0 unspecified atom stereocenters. The molecule has 1 aromatic carbocycles. The fourth-order valence-electron chi connectivity index (χ4n) is 2.09. The molecule has 0 atom stereocenters. The summed E-state index contributed by atoms with van der Waals surface area (Å²) in [5.74, 6) is 1.42. The van der Waals surface area contributed by atoms with Crippen molar-refractivity contribution in [2.24, 2.45) is 5.10 Å². The maximum atomic E-state index is 11.5. The standard InChI is InChI=1S/C14H17N5O2S.I2/c1-9-6-12(8-15)13(17-22(5,20)21)7-14(9)19-11(3)18(4)10(2)16-19;1-2/h6-7,17H,3H2,1-2,4-5H3;. The zero-order valence-electron chi connectivity index (χ0n) is 13.6. The molecule has 0 aliphatic carbocycles. The Morgan fingerprint density at radius 2 is 1.92 bits per heavy atom. The number of nitrogens with one attached hydrogen (secondary N) is 1. The number of nitriles is 1. The Bertz CT molecular complexity index is 830. The second-order valence-corrected chi connectivity index (χ2v) is 6.85. The van der Waals surface area contributed by atoms with Gasteiger partial charge in [0, 0.05) is 44.3 Å². The van der Waals surface area contributed by atoms with Crippen molar-refractivity contribution in [3.8, 4) is 6.07 Å². The fourth-order valence-corrected chi connectivity index (χ4v) is 2.66. The van der Waals surface area contributed by atoms with Crippen LogP contribution >= 0.6 is 37.2 Å². The number of amidine groups is 1. The molecule has 1 heterocycles. The van der Waals surface area contributed by atoms with Gasteiger partial charge in [-0.1, -0.05) is 6.58 Å². The monoisotopic (exact) mass is 573 g/mol. The minimum Gasteiger partial charge on any atom is -0.317 e. The van der Waals surface area contributed by atoms with Crippen molar-refractivity contribution >= 4 is 64.5 Å². The van der Waals surface area contributed by atoms with E-state index in [1.54, 1.807) is 17.1 Å². The Labute approximate surface area is 165 Å². The zero-order chi connectivity index (χ0) is 18.7. The van der Waals surface area contributed by atoms with E-state index in [1.165, 1.54) is 0 Å². The predicted octanol–water partition coefficient (Wildman–Crippen LogP) is 3.57. The third-order valence-corrected chi connectivity index (χ3v) is 3.93. The van der Waals surface area contributed by atoms with E-state index in [-0.39, 0.29) is 11.3 Å². The molecule has 1 aliphatic heterocycles. The van der Waals surface area contributed by atoms with E-state index in [9.17, 15) is 13.7 Å². The molecule has 0 aromatic heterocycles. The zero-order valence-corrected chi connectivity index (χ0v) is 18.8. The molecule has 0 saturated heterocycles. The van der Waals surface area contributed by atoms with Crippen molar-refractivity contribution in [1.82, 2.24) is 4.90 Å². The molecular weight excluding hydrogens is 556 g/mol. The lowest BCUT2D eigenvalue weighted by Crippen LogP contribution is -2.22. The molecule has 0 spiro atoms. The summed E-state index contributed by atoms with van der Waals surface area (Å²) in [5, 5.41) is 15.2. The average molecular weight is 573 g/mol. The van der Waals surface area contributed by atoms with Crippen molar-refractivity contribution < 1.29 is 8.42 Å². The average Bonchev–Trinajstić information content (AvgIpc) is 2.77. The summed E-state index contributed by atoms with van der Waals surface area (Å²) in [5.41, 5.74) is 1.94. The summed E-state index contributed by atoms with van der Waals surface area (Å²) < 4.78 is 25.3. The number of sulfonamides is 1. The van der Waals surface area contributed by atoms with E-state index in [0.29, 0.717) is 11.5 Å². The molecule has 10 heteroatoms. The van der Waals surface area contributed by atoms with Crippen molar-refractivity contribution in [2.45, 2.75) is 13.8 Å². The summed E-state index contributed by atoms with van der Waals surface area (Å²) in [6.45, 7) is 7.64. The SMILES string of the molecule is C=C1N(C)C(C)=NN1c1cc(NS(C)(=O)=O)c(C#N)cc1C.II. The Hall–Kier alpha value is -1.07. The lowest BCUT2D eigenvalue weighted by Gasteiger charge is -2.21. The number of benzene rings is 1. The minimum absolute atomic E-state index is 0.223. The van der Waals surface area contributed by atoms with E-state index >= 15 is 0 Å². The Kier molecular flexibility index (Phi) is 7.29. The molecule has 1 aliphatic rings. The van der Waals surface area contributed by atoms with E-state index in [2.05, 4.69) is 53.6 Å². The Morgan fingerprint density at radius 1 is 1.33 bits per heavy atom. The van der Waals surface area contributed by atoms with Crippen LogP contribution in [0.25, 0.3) is 0 Å². The highest BCUT2D eigenvalue weighted by atomic mass is 128. The smallest absolute Gasteiger partial charge is 0.229 e. The van der Waals surface area contributed by atoms with E-state index in [4.69, 9.17) is 0 Å². The maximum absolute atomic E-state index is 11.5. The maximum Gasteiger partial charge on any atom is 0.229 e. The molecule has 1 N–H and O–H groups in total. The van der Waals surface area contributed by atoms with Crippen LogP contribution in [0.3, 0.4) is 0 Å². The third-order valence-electron chi connectivity index (χ3n) is 3.34. The fraction of sp³-hybridized carbons (Fsp3) is 0.286. The summed E-state index contributed by atoms with van der Waals surface area (Å²) in [4.78, 5) is 1.82. The van der Waals surface area contributed by atoms with E-state index in [0.717, 1.165) is 17.7 Å². The van der Waals surface area contributed by atoms with E-state index < -0.39 is 10.0 Å². The van der Waals surface area contributed by atoms with Gasteiger partial charge in [-0.25, -0.2) is 13.4 Å². The lowest BCUT2D eigenvalue weighted by atomic mass is 10.1. The van der Waals surface area contributed by atoms with Gasteiger partial charge in [0.1, 0.15) is 17.7 Å². The highest BCUT2D eigenvalue weighted by Gasteiger charge is 2.25. The molecule has 2 rings (SSSR count). The number of rotatable bonds is 3. The first-order chi connectivity index (χ1) is 11.1. The van der Waals surface area contributed by atoms with Gasteiger partial charge in [-0.3, -0.25) is 4.72 Å². The molecule has 1 aromatic rings. The first kappa shape index (κ1) is 21.0. The van der Waals surface area contributed by atoms with Crippen LogP contribution in [0.5, 0.6) is 0 Å². The van der Waals surface area contributed by atoms with Gasteiger partial charge in [0.25, 0.3) is 0 Å². The van der Waals surface area contributed by atoms with Gasteiger partial charge in [-0.15, -0.1) is 0 Å².